The maximum atomic E-state index is 4.86. The second kappa shape index (κ2) is 8.57. The van der Waals surface area contributed by atoms with Gasteiger partial charge >= 0.3 is 0 Å². The van der Waals surface area contributed by atoms with Crippen LogP contribution in [0.25, 0.3) is 0 Å². The molecule has 3 heteroatoms. The average molecular weight is 447 g/mol. The van der Waals surface area contributed by atoms with Crippen LogP contribution < -0.4 is 0 Å². The fourth-order valence-corrected chi connectivity index (χ4v) is 6.88. The van der Waals surface area contributed by atoms with E-state index in [0.717, 1.165) is 19.6 Å². The Bertz CT molecular complexity index is 1170. The number of thioether (sulfide) groups is 1. The lowest BCUT2D eigenvalue weighted by atomic mass is 9.84. The summed E-state index contributed by atoms with van der Waals surface area (Å²) in [6, 6.07) is 41.6. The Balaban J connectivity index is 1.35. The largest absolute Gasteiger partial charge is 0.354 e. The van der Waals surface area contributed by atoms with E-state index in [9.17, 15) is 0 Å². The molecule has 1 saturated heterocycles. The second-order valence-corrected chi connectivity index (χ2v) is 10.2. The van der Waals surface area contributed by atoms with E-state index in [1.807, 2.05) is 0 Å². The molecule has 162 valence electrons. The summed E-state index contributed by atoms with van der Waals surface area (Å²) in [5.41, 5.74) is 6.63. The standard InChI is InChI=1S/C30H26N2S/c1-4-13-24(14-5-1)30(25-15-6-2-7-16-25,26-17-8-3-9-18-26)33-27-21-32(22-27)29-28-19-11-10-12-23(28)20-31-29/h1-19,27H,20-22H2. The van der Waals surface area contributed by atoms with E-state index in [-0.39, 0.29) is 4.75 Å². The Kier molecular flexibility index (Phi) is 5.27. The van der Waals surface area contributed by atoms with E-state index < -0.39 is 0 Å². The van der Waals surface area contributed by atoms with Gasteiger partial charge in [-0.15, -0.1) is 11.8 Å². The van der Waals surface area contributed by atoms with E-state index in [0.29, 0.717) is 5.25 Å². The predicted molar refractivity (Wildman–Crippen MR) is 139 cm³/mol. The van der Waals surface area contributed by atoms with Gasteiger partial charge in [-0.1, -0.05) is 115 Å². The van der Waals surface area contributed by atoms with Crippen LogP contribution in [-0.4, -0.2) is 29.1 Å². The molecule has 4 aromatic rings. The maximum Gasteiger partial charge on any atom is 0.131 e. The van der Waals surface area contributed by atoms with E-state index in [2.05, 4.69) is 132 Å². The van der Waals surface area contributed by atoms with Gasteiger partial charge in [0.1, 0.15) is 5.84 Å². The normalized spacial score (nSPS) is 15.6. The molecule has 6 rings (SSSR count). The first-order valence-corrected chi connectivity index (χ1v) is 12.4. The highest BCUT2D eigenvalue weighted by atomic mass is 32.2. The van der Waals surface area contributed by atoms with Crippen LogP contribution >= 0.6 is 11.8 Å². The molecule has 33 heavy (non-hydrogen) atoms. The highest BCUT2D eigenvalue weighted by Gasteiger charge is 2.43. The topological polar surface area (TPSA) is 15.6 Å². The van der Waals surface area contributed by atoms with Crippen molar-refractivity contribution >= 4 is 17.6 Å². The van der Waals surface area contributed by atoms with Crippen molar-refractivity contribution in [3.05, 3.63) is 143 Å². The molecule has 0 atom stereocenters. The van der Waals surface area contributed by atoms with Gasteiger partial charge in [-0.3, -0.25) is 4.99 Å². The van der Waals surface area contributed by atoms with Crippen LogP contribution in [0.15, 0.2) is 120 Å². The minimum Gasteiger partial charge on any atom is -0.354 e. The fraction of sp³-hybridized carbons (Fsp3) is 0.167. The zero-order valence-electron chi connectivity index (χ0n) is 18.5. The van der Waals surface area contributed by atoms with Gasteiger partial charge in [-0.25, -0.2) is 0 Å². The highest BCUT2D eigenvalue weighted by molar-refractivity contribution is 8.01. The molecule has 0 unspecified atom stereocenters. The lowest BCUT2D eigenvalue weighted by Gasteiger charge is -2.46. The minimum atomic E-state index is -0.254. The van der Waals surface area contributed by atoms with E-state index in [1.54, 1.807) is 0 Å². The summed E-state index contributed by atoms with van der Waals surface area (Å²) in [6.07, 6.45) is 0. The molecule has 2 heterocycles. The predicted octanol–water partition coefficient (Wildman–Crippen LogP) is 6.36. The first-order valence-electron chi connectivity index (χ1n) is 11.6. The molecule has 0 radical (unpaired) electrons. The summed E-state index contributed by atoms with van der Waals surface area (Å²) in [6.45, 7) is 2.85. The Labute approximate surface area is 200 Å². The molecule has 2 aliphatic heterocycles. The van der Waals surface area contributed by atoms with Crippen LogP contribution in [0.1, 0.15) is 27.8 Å². The molecule has 0 aliphatic carbocycles. The lowest BCUT2D eigenvalue weighted by molar-refractivity contribution is 0.311. The quantitative estimate of drug-likeness (QED) is 0.332. The molecule has 0 saturated carbocycles. The van der Waals surface area contributed by atoms with Gasteiger partial charge < -0.3 is 4.90 Å². The third kappa shape index (κ3) is 3.57. The number of benzene rings is 4. The number of amidine groups is 1. The van der Waals surface area contributed by atoms with E-state index in [4.69, 9.17) is 4.99 Å². The van der Waals surface area contributed by atoms with Gasteiger partial charge in [-0.2, -0.15) is 0 Å². The summed E-state index contributed by atoms with van der Waals surface area (Å²) in [5, 5.41) is 0.515. The van der Waals surface area contributed by atoms with Crippen LogP contribution in [0.5, 0.6) is 0 Å². The highest BCUT2D eigenvalue weighted by Crippen LogP contribution is 2.51. The Morgan fingerprint density at radius 2 is 1.12 bits per heavy atom. The number of fused-ring (bicyclic) bond motifs is 1. The number of hydrogen-bond acceptors (Lipinski definition) is 3. The van der Waals surface area contributed by atoms with Crippen molar-refractivity contribution < 1.29 is 0 Å². The fourth-order valence-electron chi connectivity index (χ4n) is 5.05. The first-order chi connectivity index (χ1) is 16.3. The monoisotopic (exact) mass is 446 g/mol. The van der Waals surface area contributed by atoms with E-state index in [1.165, 1.54) is 33.7 Å². The number of likely N-dealkylation sites (tertiary alicyclic amines) is 1. The van der Waals surface area contributed by atoms with Crippen molar-refractivity contribution in [2.45, 2.75) is 16.5 Å². The van der Waals surface area contributed by atoms with Crippen molar-refractivity contribution in [3.8, 4) is 0 Å². The molecule has 0 spiro atoms. The third-order valence-corrected chi connectivity index (χ3v) is 8.38. The van der Waals surface area contributed by atoms with Gasteiger partial charge in [0.2, 0.25) is 0 Å². The third-order valence-electron chi connectivity index (χ3n) is 6.69. The Hall–Kier alpha value is -3.30. The Morgan fingerprint density at radius 1 is 0.636 bits per heavy atom. The molecule has 2 nitrogen and oxygen atoms in total. The van der Waals surface area contributed by atoms with Gasteiger partial charge in [0.15, 0.2) is 0 Å². The van der Waals surface area contributed by atoms with Crippen LogP contribution in [0.2, 0.25) is 0 Å². The summed E-state index contributed by atoms with van der Waals surface area (Å²) in [7, 11) is 0. The smallest absolute Gasteiger partial charge is 0.131 e. The number of hydrogen-bond donors (Lipinski definition) is 0. The average Bonchev–Trinajstić information content (AvgIpc) is 3.29. The van der Waals surface area contributed by atoms with Gasteiger partial charge in [-0.05, 0) is 22.3 Å². The zero-order valence-corrected chi connectivity index (χ0v) is 19.3. The van der Waals surface area contributed by atoms with Crippen molar-refractivity contribution in [2.75, 3.05) is 13.1 Å². The first kappa shape index (κ1) is 20.3. The molecule has 0 aromatic heterocycles. The molecule has 1 fully saturated rings. The molecule has 0 bridgehead atoms. The maximum absolute atomic E-state index is 4.86. The van der Waals surface area contributed by atoms with Crippen LogP contribution in [0.3, 0.4) is 0 Å². The van der Waals surface area contributed by atoms with Crippen LogP contribution in [0.4, 0.5) is 0 Å². The lowest BCUT2D eigenvalue weighted by Crippen LogP contribution is -2.53. The molecule has 4 aromatic carbocycles. The van der Waals surface area contributed by atoms with Crippen molar-refractivity contribution in [3.63, 3.8) is 0 Å². The molecular weight excluding hydrogens is 420 g/mol. The van der Waals surface area contributed by atoms with Gasteiger partial charge in [0.05, 0.1) is 11.3 Å². The SMILES string of the molecule is c1ccc(C(SC2CN(C3=NCc4ccccc43)C2)(c2ccccc2)c2ccccc2)cc1. The summed E-state index contributed by atoms with van der Waals surface area (Å²) in [5.74, 6) is 1.17. The number of rotatable bonds is 5. The number of aliphatic imine (C=N–C) groups is 1. The zero-order chi connectivity index (χ0) is 22.1. The van der Waals surface area contributed by atoms with E-state index >= 15 is 0 Å². The molecular formula is C30H26N2S. The van der Waals surface area contributed by atoms with Crippen molar-refractivity contribution in [1.29, 1.82) is 0 Å². The summed E-state index contributed by atoms with van der Waals surface area (Å²) >= 11 is 2.09. The van der Waals surface area contributed by atoms with Crippen molar-refractivity contribution in [1.82, 2.24) is 4.90 Å². The summed E-state index contributed by atoms with van der Waals surface area (Å²) in [4.78, 5) is 7.32. The summed E-state index contributed by atoms with van der Waals surface area (Å²) < 4.78 is -0.254. The molecule has 0 amide bonds. The molecule has 0 N–H and O–H groups in total. The van der Waals surface area contributed by atoms with Crippen LogP contribution in [-0.2, 0) is 11.3 Å². The van der Waals surface area contributed by atoms with Gasteiger partial charge in [0.25, 0.3) is 0 Å². The Morgan fingerprint density at radius 3 is 1.67 bits per heavy atom. The van der Waals surface area contributed by atoms with Gasteiger partial charge in [0, 0.05) is 23.9 Å². The van der Waals surface area contributed by atoms with Crippen molar-refractivity contribution in [2.24, 2.45) is 4.99 Å². The second-order valence-electron chi connectivity index (χ2n) is 8.72. The molecule has 2 aliphatic rings. The minimum absolute atomic E-state index is 0.254. The number of nitrogens with zero attached hydrogens (tertiary/aromatic N) is 2. The van der Waals surface area contributed by atoms with Crippen LogP contribution in [0, 0.1) is 0 Å².